The summed E-state index contributed by atoms with van der Waals surface area (Å²) in [5.74, 6) is 0.402. The van der Waals surface area contributed by atoms with E-state index in [4.69, 9.17) is 4.74 Å². The number of likely N-dealkylation sites (tertiary alicyclic amines) is 1. The second-order valence-electron chi connectivity index (χ2n) is 6.44. The first kappa shape index (κ1) is 14.6. The molecule has 0 aromatic heterocycles. The fraction of sp³-hybridized carbons (Fsp3) is 0.867. The van der Waals surface area contributed by atoms with Gasteiger partial charge in [0.15, 0.2) is 6.04 Å². The topological polar surface area (TPSA) is 70.1 Å². The maximum absolute atomic E-state index is 12.7. The smallest absolute Gasteiger partial charge is 0.328 e. The summed E-state index contributed by atoms with van der Waals surface area (Å²) < 4.78 is 5.20. The Labute approximate surface area is 125 Å². The van der Waals surface area contributed by atoms with Gasteiger partial charge in [-0.25, -0.2) is 9.59 Å². The summed E-state index contributed by atoms with van der Waals surface area (Å²) in [6.45, 7) is 2.47. The number of ether oxygens (including phenoxy) is 1. The zero-order chi connectivity index (χ0) is 14.8. The minimum atomic E-state index is -0.976. The third kappa shape index (κ3) is 3.00. The van der Waals surface area contributed by atoms with Crippen LogP contribution in [-0.2, 0) is 9.53 Å². The molecule has 3 rings (SSSR count). The van der Waals surface area contributed by atoms with Crippen LogP contribution in [0.15, 0.2) is 0 Å². The molecular weight excluding hydrogens is 272 g/mol. The molecule has 0 bridgehead atoms. The molecular formula is C15H24N2O4. The average Bonchev–Trinajstić information content (AvgIpc) is 2.53. The molecule has 21 heavy (non-hydrogen) atoms. The van der Waals surface area contributed by atoms with Crippen LogP contribution in [0.3, 0.4) is 0 Å². The van der Waals surface area contributed by atoms with Crippen molar-refractivity contribution in [2.75, 3.05) is 32.8 Å². The number of piperidine rings is 1. The number of amides is 2. The number of carbonyl (C=O) groups is 2. The van der Waals surface area contributed by atoms with E-state index in [1.807, 2.05) is 4.90 Å². The van der Waals surface area contributed by atoms with Gasteiger partial charge in [0, 0.05) is 19.6 Å². The number of hydrogen-bond donors (Lipinski definition) is 1. The molecule has 2 amide bonds. The molecule has 0 aromatic carbocycles. The van der Waals surface area contributed by atoms with Gasteiger partial charge >= 0.3 is 12.0 Å². The highest BCUT2D eigenvalue weighted by Gasteiger charge is 2.38. The maximum atomic E-state index is 12.7. The number of carboxylic acids is 1. The zero-order valence-corrected chi connectivity index (χ0v) is 12.4. The van der Waals surface area contributed by atoms with Gasteiger partial charge in [-0.2, -0.15) is 0 Å². The van der Waals surface area contributed by atoms with Crippen LogP contribution in [0.2, 0.25) is 0 Å². The van der Waals surface area contributed by atoms with Crippen molar-refractivity contribution in [1.29, 1.82) is 0 Å². The highest BCUT2D eigenvalue weighted by atomic mass is 16.5. The summed E-state index contributed by atoms with van der Waals surface area (Å²) in [5.41, 5.74) is 0. The van der Waals surface area contributed by atoms with Gasteiger partial charge in [-0.05, 0) is 24.7 Å². The fourth-order valence-electron chi connectivity index (χ4n) is 3.99. The number of urea groups is 1. The highest BCUT2D eigenvalue weighted by Crippen LogP contribution is 2.36. The molecule has 118 valence electrons. The van der Waals surface area contributed by atoms with Gasteiger partial charge in [-0.15, -0.1) is 0 Å². The van der Waals surface area contributed by atoms with Gasteiger partial charge in [-0.3, -0.25) is 0 Å². The van der Waals surface area contributed by atoms with Crippen molar-refractivity contribution in [3.8, 4) is 0 Å². The van der Waals surface area contributed by atoms with Crippen LogP contribution in [0.4, 0.5) is 4.79 Å². The molecule has 2 heterocycles. The summed E-state index contributed by atoms with van der Waals surface area (Å²) in [7, 11) is 0. The fourth-order valence-corrected chi connectivity index (χ4v) is 3.99. The summed E-state index contributed by atoms with van der Waals surface area (Å²) >= 11 is 0. The number of nitrogens with zero attached hydrogens (tertiary/aromatic N) is 2. The normalized spacial score (nSPS) is 33.4. The van der Waals surface area contributed by atoms with E-state index < -0.39 is 12.0 Å². The van der Waals surface area contributed by atoms with Gasteiger partial charge in [-0.1, -0.05) is 19.3 Å². The molecule has 1 saturated carbocycles. The first-order chi connectivity index (χ1) is 10.2. The highest BCUT2D eigenvalue weighted by molar-refractivity contribution is 5.83. The molecule has 6 heteroatoms. The van der Waals surface area contributed by atoms with Crippen LogP contribution >= 0.6 is 0 Å². The van der Waals surface area contributed by atoms with Crippen LogP contribution in [-0.4, -0.2) is 65.8 Å². The molecule has 1 aliphatic carbocycles. The quantitative estimate of drug-likeness (QED) is 0.794. The van der Waals surface area contributed by atoms with E-state index in [0.717, 1.165) is 25.4 Å². The Bertz CT molecular complexity index is 414. The largest absolute Gasteiger partial charge is 0.480 e. The number of morpholine rings is 1. The van der Waals surface area contributed by atoms with Gasteiger partial charge in [0.05, 0.1) is 13.2 Å². The average molecular weight is 296 g/mol. The minimum absolute atomic E-state index is 0.0982. The van der Waals surface area contributed by atoms with Crippen LogP contribution < -0.4 is 0 Å². The van der Waals surface area contributed by atoms with Crippen LogP contribution in [0, 0.1) is 11.8 Å². The molecule has 1 N–H and O–H groups in total. The van der Waals surface area contributed by atoms with E-state index in [1.54, 1.807) is 0 Å². The van der Waals surface area contributed by atoms with E-state index in [1.165, 1.54) is 30.6 Å². The minimum Gasteiger partial charge on any atom is -0.480 e. The Morgan fingerprint density at radius 1 is 1.05 bits per heavy atom. The van der Waals surface area contributed by atoms with E-state index in [0.29, 0.717) is 19.1 Å². The lowest BCUT2D eigenvalue weighted by Crippen LogP contribution is -2.58. The molecule has 2 aliphatic heterocycles. The van der Waals surface area contributed by atoms with E-state index in [2.05, 4.69) is 0 Å². The number of fused-ring (bicyclic) bond motifs is 1. The Balaban J connectivity index is 1.65. The van der Waals surface area contributed by atoms with Gasteiger partial charge in [0.25, 0.3) is 0 Å². The number of carboxylic acid groups (broad SMARTS) is 1. The van der Waals surface area contributed by atoms with Gasteiger partial charge in [0.1, 0.15) is 0 Å². The third-order valence-corrected chi connectivity index (χ3v) is 5.22. The summed E-state index contributed by atoms with van der Waals surface area (Å²) in [5, 5.41) is 9.25. The van der Waals surface area contributed by atoms with Crippen molar-refractivity contribution >= 4 is 12.0 Å². The first-order valence-electron chi connectivity index (χ1n) is 8.03. The lowest BCUT2D eigenvalue weighted by molar-refractivity contribution is -0.147. The molecule has 3 aliphatic rings. The number of hydrogen-bond acceptors (Lipinski definition) is 3. The van der Waals surface area contributed by atoms with Crippen molar-refractivity contribution in [1.82, 2.24) is 9.80 Å². The number of aliphatic carboxylic acids is 1. The van der Waals surface area contributed by atoms with Crippen LogP contribution in [0.25, 0.3) is 0 Å². The standard InChI is InChI=1S/C15H24N2O4/c18-14(19)13-10-21-8-7-17(13)15(20)16-6-5-11-3-1-2-4-12(11)9-16/h11-13H,1-10H2,(H,18,19). The second-order valence-corrected chi connectivity index (χ2v) is 6.44. The SMILES string of the molecule is O=C(O)C1COCCN1C(=O)N1CCC2CCCCC2C1. The summed E-state index contributed by atoms with van der Waals surface area (Å²) in [4.78, 5) is 27.3. The Morgan fingerprint density at radius 2 is 1.81 bits per heavy atom. The molecule has 6 nitrogen and oxygen atoms in total. The van der Waals surface area contributed by atoms with E-state index in [-0.39, 0.29) is 12.6 Å². The van der Waals surface area contributed by atoms with Crippen molar-refractivity contribution in [3.63, 3.8) is 0 Å². The van der Waals surface area contributed by atoms with E-state index >= 15 is 0 Å². The van der Waals surface area contributed by atoms with Crippen molar-refractivity contribution in [2.45, 2.75) is 38.1 Å². The number of carbonyl (C=O) groups excluding carboxylic acids is 1. The lowest BCUT2D eigenvalue weighted by Gasteiger charge is -2.44. The monoisotopic (exact) mass is 296 g/mol. The molecule has 3 fully saturated rings. The van der Waals surface area contributed by atoms with Crippen molar-refractivity contribution in [3.05, 3.63) is 0 Å². The van der Waals surface area contributed by atoms with Crippen molar-refractivity contribution in [2.24, 2.45) is 11.8 Å². The molecule has 3 atom stereocenters. The molecule has 0 radical (unpaired) electrons. The lowest BCUT2D eigenvalue weighted by atomic mass is 9.75. The summed E-state index contributed by atoms with van der Waals surface area (Å²) in [6, 6.07) is -0.954. The van der Waals surface area contributed by atoms with Gasteiger partial charge < -0.3 is 19.6 Å². The zero-order valence-electron chi connectivity index (χ0n) is 12.4. The number of rotatable bonds is 1. The second kappa shape index (κ2) is 6.22. The molecule has 0 aromatic rings. The molecule has 2 saturated heterocycles. The Morgan fingerprint density at radius 3 is 2.57 bits per heavy atom. The molecule has 3 unspecified atom stereocenters. The van der Waals surface area contributed by atoms with Crippen LogP contribution in [0.1, 0.15) is 32.1 Å². The first-order valence-corrected chi connectivity index (χ1v) is 8.03. The Kier molecular flexibility index (Phi) is 4.33. The van der Waals surface area contributed by atoms with E-state index in [9.17, 15) is 14.7 Å². The maximum Gasteiger partial charge on any atom is 0.328 e. The van der Waals surface area contributed by atoms with Gasteiger partial charge in [0.2, 0.25) is 0 Å². The predicted molar refractivity (Wildman–Crippen MR) is 76.0 cm³/mol. The third-order valence-electron chi connectivity index (χ3n) is 5.22. The predicted octanol–water partition coefficient (Wildman–Crippen LogP) is 1.40. The van der Waals surface area contributed by atoms with Crippen molar-refractivity contribution < 1.29 is 19.4 Å². The Hall–Kier alpha value is -1.30. The molecule has 0 spiro atoms. The van der Waals surface area contributed by atoms with Crippen LogP contribution in [0.5, 0.6) is 0 Å². The summed E-state index contributed by atoms with van der Waals surface area (Å²) in [6.07, 6.45) is 6.15.